The predicted octanol–water partition coefficient (Wildman–Crippen LogP) is 6.28. The number of furan rings is 1. The van der Waals surface area contributed by atoms with Crippen molar-refractivity contribution in [2.24, 2.45) is 0 Å². The summed E-state index contributed by atoms with van der Waals surface area (Å²) >= 11 is 6.19. The Morgan fingerprint density at radius 3 is 2.66 bits per heavy atom. The van der Waals surface area contributed by atoms with E-state index in [1.807, 2.05) is 36.4 Å². The fourth-order valence-corrected chi connectivity index (χ4v) is 6.03. The van der Waals surface area contributed by atoms with Crippen LogP contribution in [0, 0.1) is 6.92 Å². The summed E-state index contributed by atoms with van der Waals surface area (Å²) in [5, 5.41) is 19.6. The summed E-state index contributed by atoms with van der Waals surface area (Å²) in [7, 11) is 0. The van der Waals surface area contributed by atoms with E-state index in [1.165, 1.54) is 34.1 Å². The highest BCUT2D eigenvalue weighted by atomic mass is 79.9. The molecule has 1 atom stereocenters. The Labute approximate surface area is 217 Å². The van der Waals surface area contributed by atoms with Crippen LogP contribution in [-0.2, 0) is 10.5 Å². The predicted molar refractivity (Wildman–Crippen MR) is 138 cm³/mol. The number of amides is 1. The second-order valence-corrected chi connectivity index (χ2v) is 10.9. The van der Waals surface area contributed by atoms with Gasteiger partial charge in [0.25, 0.3) is 5.91 Å². The van der Waals surface area contributed by atoms with Gasteiger partial charge in [0, 0.05) is 10.2 Å². The number of aromatic nitrogens is 2. The van der Waals surface area contributed by atoms with Crippen molar-refractivity contribution >= 4 is 55.9 Å². The molecule has 0 spiro atoms. The average molecular weight is 568 g/mol. The van der Waals surface area contributed by atoms with Crippen LogP contribution < -0.4 is 4.90 Å². The minimum Gasteiger partial charge on any atom is -0.503 e. The summed E-state index contributed by atoms with van der Waals surface area (Å²) in [6.07, 6.45) is 0. The van der Waals surface area contributed by atoms with E-state index in [-0.39, 0.29) is 11.3 Å². The third-order valence-electron chi connectivity index (χ3n) is 5.39. The number of carbonyl (C=O) groups excluding carboxylic acids is 2. The number of benzene rings is 2. The van der Waals surface area contributed by atoms with Gasteiger partial charge < -0.3 is 9.52 Å². The van der Waals surface area contributed by atoms with Crippen molar-refractivity contribution in [1.29, 1.82) is 0 Å². The van der Waals surface area contributed by atoms with Gasteiger partial charge in [0.1, 0.15) is 5.76 Å². The first-order valence-electron chi connectivity index (χ1n) is 10.6. The van der Waals surface area contributed by atoms with Gasteiger partial charge >= 0.3 is 0 Å². The summed E-state index contributed by atoms with van der Waals surface area (Å²) in [5.74, 6) is -0.587. The van der Waals surface area contributed by atoms with Crippen molar-refractivity contribution in [1.82, 2.24) is 10.2 Å². The molecule has 1 unspecified atom stereocenters. The second kappa shape index (κ2) is 9.80. The zero-order valence-electron chi connectivity index (χ0n) is 18.3. The molecule has 1 aliphatic rings. The molecular weight excluding hydrogens is 550 g/mol. The Kier molecular flexibility index (Phi) is 6.59. The molecule has 10 heteroatoms. The van der Waals surface area contributed by atoms with Gasteiger partial charge in [-0.1, -0.05) is 81.5 Å². The molecule has 0 saturated carbocycles. The van der Waals surface area contributed by atoms with Crippen molar-refractivity contribution in [3.05, 3.63) is 105 Å². The number of carbonyl (C=O) groups is 2. The number of halogens is 1. The van der Waals surface area contributed by atoms with Gasteiger partial charge in [-0.3, -0.25) is 14.5 Å². The number of nitrogens with zero attached hydrogens (tertiary/aromatic N) is 3. The first-order chi connectivity index (χ1) is 16.9. The smallest absolute Gasteiger partial charge is 0.296 e. The molecule has 35 heavy (non-hydrogen) atoms. The van der Waals surface area contributed by atoms with E-state index in [2.05, 4.69) is 26.1 Å². The molecule has 2 aromatic carbocycles. The van der Waals surface area contributed by atoms with Gasteiger partial charge in [-0.25, -0.2) is 0 Å². The summed E-state index contributed by atoms with van der Waals surface area (Å²) in [6, 6.07) is 19.5. The minimum atomic E-state index is -0.891. The van der Waals surface area contributed by atoms with Gasteiger partial charge in [0.05, 0.1) is 11.6 Å². The van der Waals surface area contributed by atoms with Gasteiger partial charge in [0.2, 0.25) is 10.9 Å². The monoisotopic (exact) mass is 567 g/mol. The van der Waals surface area contributed by atoms with Gasteiger partial charge in [-0.15, -0.1) is 10.2 Å². The lowest BCUT2D eigenvalue weighted by Crippen LogP contribution is -2.31. The van der Waals surface area contributed by atoms with Crippen molar-refractivity contribution in [2.45, 2.75) is 23.1 Å². The Bertz CT molecular complexity index is 1450. The van der Waals surface area contributed by atoms with Crippen LogP contribution in [-0.4, -0.2) is 27.0 Å². The summed E-state index contributed by atoms with van der Waals surface area (Å²) in [6.45, 7) is 1.72. The largest absolute Gasteiger partial charge is 0.503 e. The van der Waals surface area contributed by atoms with E-state index in [4.69, 9.17) is 4.42 Å². The number of Topliss-reactive ketones (excluding diaryl/α,β-unsaturated/α-hetero) is 1. The van der Waals surface area contributed by atoms with Crippen molar-refractivity contribution in [3.8, 4) is 0 Å². The number of ketones is 1. The van der Waals surface area contributed by atoms with Crippen molar-refractivity contribution in [3.63, 3.8) is 0 Å². The Hall–Kier alpha value is -3.21. The number of aliphatic hydroxyl groups excluding tert-OH is 1. The van der Waals surface area contributed by atoms with Crippen LogP contribution in [0.25, 0.3) is 0 Å². The lowest BCUT2D eigenvalue weighted by atomic mass is 9.95. The third-order valence-corrected chi connectivity index (χ3v) is 8.01. The number of aryl methyl sites for hydroxylation is 1. The number of aliphatic hydroxyl groups is 1. The first kappa shape index (κ1) is 23.5. The van der Waals surface area contributed by atoms with Crippen LogP contribution in [0.4, 0.5) is 5.13 Å². The fourth-order valence-electron chi connectivity index (χ4n) is 3.79. The maximum atomic E-state index is 13.4. The second-order valence-electron chi connectivity index (χ2n) is 7.76. The van der Waals surface area contributed by atoms with Crippen molar-refractivity contribution in [2.75, 3.05) is 4.90 Å². The normalized spacial score (nSPS) is 15.8. The Morgan fingerprint density at radius 1 is 1.14 bits per heavy atom. The van der Waals surface area contributed by atoms with E-state index in [0.29, 0.717) is 26.5 Å². The molecule has 0 radical (unpaired) electrons. The maximum absolute atomic E-state index is 13.4. The standard InChI is InChI=1S/C25H18BrN3O4S2/c1-14-10-11-18(33-14)21(30)19-20(16-8-5-9-17(26)12-16)29(23(32)22(19)31)24-27-28-25(35-24)34-13-15-6-3-2-4-7-15/h2-12,20,31H,13H2,1H3. The maximum Gasteiger partial charge on any atom is 0.296 e. The van der Waals surface area contributed by atoms with Crippen LogP contribution in [0.1, 0.15) is 33.5 Å². The molecule has 1 amide bonds. The fraction of sp³-hybridized carbons (Fsp3) is 0.120. The minimum absolute atomic E-state index is 0.0510. The van der Waals surface area contributed by atoms with Crippen LogP contribution >= 0.6 is 39.0 Å². The molecule has 5 rings (SSSR count). The number of hydrogen-bond donors (Lipinski definition) is 1. The molecule has 0 fully saturated rings. The lowest BCUT2D eigenvalue weighted by molar-refractivity contribution is -0.117. The van der Waals surface area contributed by atoms with E-state index < -0.39 is 23.5 Å². The number of rotatable bonds is 7. The number of anilines is 1. The number of thioether (sulfide) groups is 1. The molecule has 0 saturated heterocycles. The molecule has 3 heterocycles. The van der Waals surface area contributed by atoms with Crippen LogP contribution in [0.3, 0.4) is 0 Å². The molecule has 176 valence electrons. The highest BCUT2D eigenvalue weighted by molar-refractivity contribution is 9.10. The molecule has 0 aliphatic carbocycles. The Balaban J connectivity index is 1.51. The summed E-state index contributed by atoms with van der Waals surface area (Å²) < 4.78 is 6.95. The molecule has 0 bridgehead atoms. The zero-order chi connectivity index (χ0) is 24.5. The topological polar surface area (TPSA) is 96.5 Å². The van der Waals surface area contributed by atoms with E-state index >= 15 is 0 Å². The molecule has 4 aromatic rings. The quantitative estimate of drug-likeness (QED) is 0.159. The highest BCUT2D eigenvalue weighted by Crippen LogP contribution is 2.44. The van der Waals surface area contributed by atoms with E-state index in [1.54, 1.807) is 31.2 Å². The number of hydrogen-bond acceptors (Lipinski definition) is 8. The van der Waals surface area contributed by atoms with Gasteiger partial charge in [-0.2, -0.15) is 0 Å². The zero-order valence-corrected chi connectivity index (χ0v) is 21.6. The van der Waals surface area contributed by atoms with Gasteiger partial charge in [-0.05, 0) is 42.3 Å². The molecule has 1 N–H and O–H groups in total. The van der Waals surface area contributed by atoms with Crippen LogP contribution in [0.2, 0.25) is 0 Å². The van der Waals surface area contributed by atoms with Crippen LogP contribution in [0.15, 0.2) is 91.3 Å². The molecule has 7 nitrogen and oxygen atoms in total. The highest BCUT2D eigenvalue weighted by Gasteiger charge is 2.46. The molecular formula is C25H18BrN3O4S2. The van der Waals surface area contributed by atoms with E-state index in [9.17, 15) is 14.7 Å². The molecule has 2 aromatic heterocycles. The van der Waals surface area contributed by atoms with Crippen molar-refractivity contribution < 1.29 is 19.1 Å². The Morgan fingerprint density at radius 2 is 1.94 bits per heavy atom. The SMILES string of the molecule is Cc1ccc(C(=O)C2=C(O)C(=O)N(c3nnc(SCc4ccccc4)s3)C2c2cccc(Br)c2)o1. The average Bonchev–Trinajstić information content (AvgIpc) is 3.57. The summed E-state index contributed by atoms with van der Waals surface area (Å²) in [5.41, 5.74) is 1.72. The first-order valence-corrected chi connectivity index (χ1v) is 13.2. The lowest BCUT2D eigenvalue weighted by Gasteiger charge is -2.24. The van der Waals surface area contributed by atoms with Gasteiger partial charge in [0.15, 0.2) is 15.9 Å². The third kappa shape index (κ3) is 4.69. The summed E-state index contributed by atoms with van der Waals surface area (Å²) in [4.78, 5) is 28.0. The van der Waals surface area contributed by atoms with E-state index in [0.717, 1.165) is 10.0 Å². The van der Waals surface area contributed by atoms with Crippen LogP contribution in [0.5, 0.6) is 0 Å². The molecule has 1 aliphatic heterocycles.